The lowest BCUT2D eigenvalue weighted by Crippen LogP contribution is -2.25. The maximum Gasteiger partial charge on any atom is 0.256 e. The molecule has 0 amide bonds. The van der Waals surface area contributed by atoms with Gasteiger partial charge in [-0.1, -0.05) is 24.3 Å². The molecular formula is C18H20F2N4O. The molecule has 0 radical (unpaired) electrons. The molecule has 0 bridgehead atoms. The van der Waals surface area contributed by atoms with Crippen LogP contribution in [0, 0.1) is 5.41 Å². The zero-order valence-corrected chi connectivity index (χ0v) is 13.8. The predicted molar refractivity (Wildman–Crippen MR) is 90.0 cm³/mol. The van der Waals surface area contributed by atoms with Crippen molar-refractivity contribution in [3.05, 3.63) is 48.3 Å². The molecule has 1 aliphatic carbocycles. The maximum absolute atomic E-state index is 13.7. The molecule has 1 aromatic carbocycles. The summed E-state index contributed by atoms with van der Waals surface area (Å²) in [6.07, 6.45) is 2.61. The molecule has 2 aromatic rings. The number of benzene rings is 1. The lowest BCUT2D eigenvalue weighted by molar-refractivity contribution is 0.0710. The summed E-state index contributed by atoms with van der Waals surface area (Å²) in [7, 11) is 0. The van der Waals surface area contributed by atoms with Crippen molar-refractivity contribution in [3.8, 4) is 5.75 Å². The van der Waals surface area contributed by atoms with Crippen molar-refractivity contribution in [2.45, 2.75) is 31.7 Å². The lowest BCUT2D eigenvalue weighted by atomic mass is 10.1. The van der Waals surface area contributed by atoms with Crippen LogP contribution in [0.3, 0.4) is 0 Å². The highest BCUT2D eigenvalue weighted by atomic mass is 19.3. The second-order valence-corrected chi connectivity index (χ2v) is 6.95. The zero-order chi connectivity index (χ0) is 17.7. The van der Waals surface area contributed by atoms with Gasteiger partial charge in [-0.2, -0.15) is 0 Å². The van der Waals surface area contributed by atoms with Crippen LogP contribution in [-0.4, -0.2) is 38.9 Å². The van der Waals surface area contributed by atoms with E-state index < -0.39 is 11.3 Å². The minimum absolute atomic E-state index is 0.0309. The van der Waals surface area contributed by atoms with Gasteiger partial charge in [0, 0.05) is 38.0 Å². The highest BCUT2D eigenvalue weighted by Crippen LogP contribution is 2.65. The Balaban J connectivity index is 1.61. The van der Waals surface area contributed by atoms with Crippen molar-refractivity contribution in [2.24, 2.45) is 5.41 Å². The smallest absolute Gasteiger partial charge is 0.256 e. The second-order valence-electron chi connectivity index (χ2n) is 6.95. The number of allylic oxidation sites excluding steroid dienone is 1. The normalized spacial score (nSPS) is 24.0. The van der Waals surface area contributed by atoms with Crippen LogP contribution in [-0.2, 0) is 13.0 Å². The average Bonchev–Trinajstić information content (AvgIpc) is 2.92. The Bertz CT molecular complexity index is 819. The third kappa shape index (κ3) is 2.58. The van der Waals surface area contributed by atoms with E-state index in [0.717, 1.165) is 5.56 Å². The van der Waals surface area contributed by atoms with Gasteiger partial charge >= 0.3 is 0 Å². The van der Waals surface area contributed by atoms with Gasteiger partial charge in [0.1, 0.15) is 11.6 Å². The number of phenols is 1. The number of nitrogens with zero attached hydrogens (tertiary/aromatic N) is 4. The molecule has 2 fully saturated rings. The van der Waals surface area contributed by atoms with Gasteiger partial charge in [0.05, 0.1) is 5.41 Å². The van der Waals surface area contributed by atoms with Crippen LogP contribution in [0.5, 0.6) is 5.75 Å². The SMILES string of the molecule is C=CCn1c(Cc2ccccc2O)nnc1N1CCC2(C1)CC2(F)F. The van der Waals surface area contributed by atoms with Gasteiger partial charge in [0.2, 0.25) is 5.95 Å². The molecule has 1 saturated heterocycles. The van der Waals surface area contributed by atoms with Crippen molar-refractivity contribution >= 4 is 5.95 Å². The fourth-order valence-corrected chi connectivity index (χ4v) is 3.70. The van der Waals surface area contributed by atoms with Crippen molar-refractivity contribution in [3.63, 3.8) is 0 Å². The summed E-state index contributed by atoms with van der Waals surface area (Å²) in [5.74, 6) is -1.07. The third-order valence-electron chi connectivity index (χ3n) is 5.31. The molecule has 1 N–H and O–H groups in total. The Hall–Kier alpha value is -2.44. The molecule has 1 aromatic heterocycles. The predicted octanol–water partition coefficient (Wildman–Crippen LogP) is 3.00. The Labute approximate surface area is 144 Å². The van der Waals surface area contributed by atoms with Gasteiger partial charge in [0.15, 0.2) is 0 Å². The summed E-state index contributed by atoms with van der Waals surface area (Å²) >= 11 is 0. The van der Waals surface area contributed by atoms with Gasteiger partial charge in [-0.3, -0.25) is 4.57 Å². The van der Waals surface area contributed by atoms with Crippen molar-refractivity contribution < 1.29 is 13.9 Å². The minimum atomic E-state index is -2.55. The summed E-state index contributed by atoms with van der Waals surface area (Å²) in [6, 6.07) is 7.07. The Kier molecular flexibility index (Phi) is 3.56. The van der Waals surface area contributed by atoms with E-state index in [1.54, 1.807) is 18.2 Å². The number of aromatic hydroxyl groups is 1. The Morgan fingerprint density at radius 2 is 2.04 bits per heavy atom. The molecule has 1 saturated carbocycles. The van der Waals surface area contributed by atoms with Crippen LogP contribution in [0.25, 0.3) is 0 Å². The van der Waals surface area contributed by atoms with E-state index in [4.69, 9.17) is 0 Å². The number of phenolic OH excluding ortho intramolecular Hbond substituents is 1. The number of hydrogen-bond acceptors (Lipinski definition) is 4. The van der Waals surface area contributed by atoms with E-state index in [2.05, 4.69) is 16.8 Å². The molecule has 2 aliphatic rings. The van der Waals surface area contributed by atoms with Gasteiger partial charge < -0.3 is 10.0 Å². The van der Waals surface area contributed by atoms with Crippen LogP contribution < -0.4 is 4.90 Å². The number of hydrogen-bond donors (Lipinski definition) is 1. The maximum atomic E-state index is 13.7. The summed E-state index contributed by atoms with van der Waals surface area (Å²) in [5.41, 5.74) is -0.131. The summed E-state index contributed by atoms with van der Waals surface area (Å²) in [4.78, 5) is 1.89. The third-order valence-corrected chi connectivity index (χ3v) is 5.31. The quantitative estimate of drug-likeness (QED) is 0.846. The van der Waals surface area contributed by atoms with Crippen LogP contribution in [0.15, 0.2) is 36.9 Å². The largest absolute Gasteiger partial charge is 0.508 e. The summed E-state index contributed by atoms with van der Waals surface area (Å²) in [6.45, 7) is 5.13. The van der Waals surface area contributed by atoms with E-state index >= 15 is 0 Å². The number of para-hydroxylation sites is 1. The van der Waals surface area contributed by atoms with E-state index in [1.807, 2.05) is 21.6 Å². The molecule has 1 atom stereocenters. The highest BCUT2D eigenvalue weighted by Gasteiger charge is 2.72. The molecule has 4 rings (SSSR count). The van der Waals surface area contributed by atoms with Gasteiger partial charge in [-0.25, -0.2) is 8.78 Å². The summed E-state index contributed by atoms with van der Waals surface area (Å²) < 4.78 is 29.2. The number of anilines is 1. The summed E-state index contributed by atoms with van der Waals surface area (Å²) in [5, 5.41) is 18.5. The number of halogens is 2. The molecule has 7 heteroatoms. The zero-order valence-electron chi connectivity index (χ0n) is 13.8. The van der Waals surface area contributed by atoms with E-state index in [0.29, 0.717) is 44.2 Å². The first-order chi connectivity index (χ1) is 12.0. The Morgan fingerprint density at radius 1 is 1.28 bits per heavy atom. The molecular weight excluding hydrogens is 326 g/mol. The standard InChI is InChI=1S/C18H20F2N4O/c1-2-8-24-15(10-13-5-3-4-6-14(13)25)21-22-16(24)23-9-7-17(12-23)11-18(17,19)20/h2-6,25H,1,7-12H2. The molecule has 25 heavy (non-hydrogen) atoms. The van der Waals surface area contributed by atoms with Crippen molar-refractivity contribution in [1.29, 1.82) is 0 Å². The molecule has 132 valence electrons. The molecule has 1 unspecified atom stereocenters. The molecule has 2 heterocycles. The van der Waals surface area contributed by atoms with E-state index in [1.165, 1.54) is 0 Å². The van der Waals surface area contributed by atoms with Gasteiger partial charge in [-0.15, -0.1) is 16.8 Å². The molecule has 1 aliphatic heterocycles. The monoisotopic (exact) mass is 346 g/mol. The second kappa shape index (κ2) is 5.54. The van der Waals surface area contributed by atoms with Crippen LogP contribution in [0.4, 0.5) is 14.7 Å². The number of aromatic nitrogens is 3. The highest BCUT2D eigenvalue weighted by molar-refractivity contribution is 5.40. The van der Waals surface area contributed by atoms with E-state index in [9.17, 15) is 13.9 Å². The fraction of sp³-hybridized carbons (Fsp3) is 0.444. The molecule has 5 nitrogen and oxygen atoms in total. The molecule has 1 spiro atoms. The first kappa shape index (κ1) is 16.1. The number of alkyl halides is 2. The minimum Gasteiger partial charge on any atom is -0.508 e. The van der Waals surface area contributed by atoms with Crippen molar-refractivity contribution in [2.75, 3.05) is 18.0 Å². The first-order valence-corrected chi connectivity index (χ1v) is 8.38. The Morgan fingerprint density at radius 3 is 2.68 bits per heavy atom. The van der Waals surface area contributed by atoms with Crippen LogP contribution in [0.1, 0.15) is 24.2 Å². The van der Waals surface area contributed by atoms with Crippen LogP contribution >= 0.6 is 0 Å². The van der Waals surface area contributed by atoms with Gasteiger partial charge in [0.25, 0.3) is 5.92 Å². The topological polar surface area (TPSA) is 54.2 Å². The first-order valence-electron chi connectivity index (χ1n) is 8.38. The van der Waals surface area contributed by atoms with Gasteiger partial charge in [-0.05, 0) is 12.5 Å². The lowest BCUT2D eigenvalue weighted by Gasteiger charge is -2.18. The van der Waals surface area contributed by atoms with E-state index in [-0.39, 0.29) is 12.2 Å². The fourth-order valence-electron chi connectivity index (χ4n) is 3.70. The average molecular weight is 346 g/mol. The number of rotatable bonds is 5. The van der Waals surface area contributed by atoms with Crippen LogP contribution in [0.2, 0.25) is 0 Å². The van der Waals surface area contributed by atoms with Crippen molar-refractivity contribution in [1.82, 2.24) is 14.8 Å².